The van der Waals surface area contributed by atoms with Gasteiger partial charge in [-0.1, -0.05) is 0 Å². The van der Waals surface area contributed by atoms with Crippen molar-refractivity contribution in [2.24, 2.45) is 12.2 Å². The third kappa shape index (κ3) is 2.94. The van der Waals surface area contributed by atoms with E-state index in [4.69, 9.17) is 9.88 Å². The zero-order chi connectivity index (χ0) is 14.9. The topological polar surface area (TPSA) is 87.2 Å². The fraction of sp³-hybridized carbons (Fsp3) is 0.182. The predicted octanol–water partition coefficient (Wildman–Crippen LogP) is 0.925. The fourth-order valence-electron chi connectivity index (χ4n) is 1.54. The Morgan fingerprint density at radius 1 is 1.30 bits per heavy atom. The van der Waals surface area contributed by atoms with Gasteiger partial charge in [-0.05, 0) is 18.2 Å². The van der Waals surface area contributed by atoms with Crippen molar-refractivity contribution in [2.75, 3.05) is 0 Å². The van der Waals surface area contributed by atoms with Crippen LogP contribution in [0.5, 0.6) is 5.75 Å². The standard InChI is InChI=1S/C11H11F2N3O3S/c1-16-5-4-7(15-16)6-19-8-2-3-9(20(14,17)18)11(13)10(8)12/h2-5H,6H2,1H3,(H2,14,17,18). The number of hydrogen-bond donors (Lipinski definition) is 1. The zero-order valence-corrected chi connectivity index (χ0v) is 11.2. The Labute approximate surface area is 113 Å². The van der Waals surface area contributed by atoms with Gasteiger partial charge < -0.3 is 4.74 Å². The first kappa shape index (κ1) is 14.4. The summed E-state index contributed by atoms with van der Waals surface area (Å²) >= 11 is 0. The van der Waals surface area contributed by atoms with Gasteiger partial charge in [0.2, 0.25) is 15.8 Å². The Hall–Kier alpha value is -2.00. The Morgan fingerprint density at radius 2 is 2.00 bits per heavy atom. The van der Waals surface area contributed by atoms with Crippen LogP contribution < -0.4 is 9.88 Å². The molecule has 0 bridgehead atoms. The molecule has 2 rings (SSSR count). The number of rotatable bonds is 4. The Balaban J connectivity index is 2.24. The van der Waals surface area contributed by atoms with E-state index < -0.39 is 32.3 Å². The van der Waals surface area contributed by atoms with Crippen LogP contribution in [0.2, 0.25) is 0 Å². The summed E-state index contributed by atoms with van der Waals surface area (Å²) in [5.41, 5.74) is 0.517. The summed E-state index contributed by atoms with van der Waals surface area (Å²) in [6, 6.07) is 3.50. The van der Waals surface area contributed by atoms with Crippen LogP contribution >= 0.6 is 0 Å². The molecule has 0 saturated carbocycles. The van der Waals surface area contributed by atoms with Crippen LogP contribution in [-0.4, -0.2) is 18.2 Å². The normalized spacial score (nSPS) is 11.6. The van der Waals surface area contributed by atoms with Crippen molar-refractivity contribution in [1.82, 2.24) is 9.78 Å². The summed E-state index contributed by atoms with van der Waals surface area (Å²) in [5.74, 6) is -3.39. The highest BCUT2D eigenvalue weighted by Gasteiger charge is 2.21. The molecule has 0 atom stereocenters. The molecule has 9 heteroatoms. The molecule has 1 aromatic heterocycles. The van der Waals surface area contributed by atoms with Gasteiger partial charge in [-0.15, -0.1) is 0 Å². The molecule has 0 fully saturated rings. The summed E-state index contributed by atoms with van der Waals surface area (Å²) < 4.78 is 55.8. The van der Waals surface area contributed by atoms with Gasteiger partial charge in [0.1, 0.15) is 11.5 Å². The second-order valence-electron chi connectivity index (χ2n) is 4.00. The number of hydrogen-bond acceptors (Lipinski definition) is 4. The van der Waals surface area contributed by atoms with Crippen LogP contribution in [0.15, 0.2) is 29.3 Å². The average molecular weight is 303 g/mol. The van der Waals surface area contributed by atoms with Gasteiger partial charge in [-0.3, -0.25) is 4.68 Å². The Kier molecular flexibility index (Phi) is 3.73. The SMILES string of the molecule is Cn1ccc(COc2ccc(S(N)(=O)=O)c(F)c2F)n1. The van der Waals surface area contributed by atoms with Crippen LogP contribution in [0.4, 0.5) is 8.78 Å². The maximum absolute atomic E-state index is 13.7. The maximum atomic E-state index is 13.7. The molecule has 0 aliphatic carbocycles. The average Bonchev–Trinajstić information content (AvgIpc) is 2.75. The molecule has 1 aromatic carbocycles. The molecule has 0 amide bonds. The number of sulfonamides is 1. The van der Waals surface area contributed by atoms with Crippen LogP contribution in [0.25, 0.3) is 0 Å². The number of halogens is 2. The molecular weight excluding hydrogens is 292 g/mol. The van der Waals surface area contributed by atoms with Gasteiger partial charge >= 0.3 is 0 Å². The summed E-state index contributed by atoms with van der Waals surface area (Å²) in [6.07, 6.45) is 1.67. The van der Waals surface area contributed by atoms with E-state index in [2.05, 4.69) is 5.10 Å². The molecule has 20 heavy (non-hydrogen) atoms. The summed E-state index contributed by atoms with van der Waals surface area (Å²) in [6.45, 7) is -0.0775. The number of nitrogens with two attached hydrogens (primary N) is 1. The van der Waals surface area contributed by atoms with Crippen LogP contribution in [-0.2, 0) is 23.7 Å². The van der Waals surface area contributed by atoms with E-state index >= 15 is 0 Å². The Morgan fingerprint density at radius 3 is 2.55 bits per heavy atom. The molecule has 0 saturated heterocycles. The van der Waals surface area contributed by atoms with Crippen molar-refractivity contribution in [2.45, 2.75) is 11.5 Å². The van der Waals surface area contributed by atoms with E-state index in [1.807, 2.05) is 0 Å². The fourth-order valence-corrected chi connectivity index (χ4v) is 2.13. The number of aryl methyl sites for hydroxylation is 1. The molecular formula is C11H11F2N3O3S. The van der Waals surface area contributed by atoms with Crippen LogP contribution in [0.1, 0.15) is 5.69 Å². The number of nitrogens with zero attached hydrogens (tertiary/aromatic N) is 2. The highest BCUT2D eigenvalue weighted by molar-refractivity contribution is 7.89. The van der Waals surface area contributed by atoms with Gasteiger partial charge in [0.25, 0.3) is 0 Å². The van der Waals surface area contributed by atoms with Crippen molar-refractivity contribution in [3.8, 4) is 5.75 Å². The van der Waals surface area contributed by atoms with Gasteiger partial charge in [0.15, 0.2) is 11.6 Å². The number of benzene rings is 1. The first-order valence-electron chi connectivity index (χ1n) is 5.41. The summed E-state index contributed by atoms with van der Waals surface area (Å²) in [4.78, 5) is -0.916. The van der Waals surface area contributed by atoms with Gasteiger partial charge in [0.05, 0.1) is 5.69 Å². The van der Waals surface area contributed by atoms with Crippen molar-refractivity contribution in [3.63, 3.8) is 0 Å². The second kappa shape index (κ2) is 5.17. The quantitative estimate of drug-likeness (QED) is 0.910. The maximum Gasteiger partial charge on any atom is 0.241 e. The first-order chi connectivity index (χ1) is 9.29. The second-order valence-corrected chi connectivity index (χ2v) is 5.53. The van der Waals surface area contributed by atoms with Crippen molar-refractivity contribution < 1.29 is 21.9 Å². The zero-order valence-electron chi connectivity index (χ0n) is 10.4. The highest BCUT2D eigenvalue weighted by atomic mass is 32.2. The van der Waals surface area contributed by atoms with Crippen molar-refractivity contribution >= 4 is 10.0 Å². The molecule has 1 heterocycles. The number of ether oxygens (including phenoxy) is 1. The monoisotopic (exact) mass is 303 g/mol. The van der Waals surface area contributed by atoms with Gasteiger partial charge in [0, 0.05) is 13.2 Å². The molecule has 0 aliphatic heterocycles. The van der Waals surface area contributed by atoms with E-state index in [0.717, 1.165) is 12.1 Å². The summed E-state index contributed by atoms with van der Waals surface area (Å²) in [5, 5.41) is 8.75. The predicted molar refractivity (Wildman–Crippen MR) is 65.3 cm³/mol. The highest BCUT2D eigenvalue weighted by Crippen LogP contribution is 2.25. The minimum atomic E-state index is -4.32. The van der Waals surface area contributed by atoms with E-state index in [-0.39, 0.29) is 6.61 Å². The third-order valence-corrected chi connectivity index (χ3v) is 3.39. The van der Waals surface area contributed by atoms with Gasteiger partial charge in [-0.2, -0.15) is 9.49 Å². The lowest BCUT2D eigenvalue weighted by atomic mass is 10.3. The third-order valence-electron chi connectivity index (χ3n) is 2.46. The summed E-state index contributed by atoms with van der Waals surface area (Å²) in [7, 11) is -2.62. The lowest BCUT2D eigenvalue weighted by Gasteiger charge is -2.08. The lowest BCUT2D eigenvalue weighted by Crippen LogP contribution is -2.15. The molecule has 6 nitrogen and oxygen atoms in total. The molecule has 0 radical (unpaired) electrons. The molecule has 0 aliphatic rings. The molecule has 0 spiro atoms. The molecule has 108 valence electrons. The smallest absolute Gasteiger partial charge is 0.241 e. The van der Waals surface area contributed by atoms with E-state index in [1.165, 1.54) is 4.68 Å². The number of primary sulfonamides is 1. The van der Waals surface area contributed by atoms with Gasteiger partial charge in [-0.25, -0.2) is 17.9 Å². The number of aromatic nitrogens is 2. The lowest BCUT2D eigenvalue weighted by molar-refractivity contribution is 0.278. The Bertz CT molecular complexity index is 743. The van der Waals surface area contributed by atoms with E-state index in [1.54, 1.807) is 19.3 Å². The first-order valence-corrected chi connectivity index (χ1v) is 6.96. The molecule has 2 N–H and O–H groups in total. The minimum absolute atomic E-state index is 0.0775. The van der Waals surface area contributed by atoms with Crippen LogP contribution in [0, 0.1) is 11.6 Å². The van der Waals surface area contributed by atoms with E-state index in [9.17, 15) is 17.2 Å². The minimum Gasteiger partial charge on any atom is -0.484 e. The molecule has 0 unspecified atom stereocenters. The molecule has 2 aromatic rings. The van der Waals surface area contributed by atoms with Crippen molar-refractivity contribution in [1.29, 1.82) is 0 Å². The van der Waals surface area contributed by atoms with Crippen LogP contribution in [0.3, 0.4) is 0 Å². The van der Waals surface area contributed by atoms with E-state index in [0.29, 0.717) is 5.69 Å². The largest absolute Gasteiger partial charge is 0.484 e. The van der Waals surface area contributed by atoms with Crippen molar-refractivity contribution in [3.05, 3.63) is 41.7 Å².